The van der Waals surface area contributed by atoms with Crippen molar-refractivity contribution in [2.75, 3.05) is 13.2 Å². The second kappa shape index (κ2) is 6.52. The average Bonchev–Trinajstić information content (AvgIpc) is 2.38. The van der Waals surface area contributed by atoms with E-state index in [0.29, 0.717) is 10.2 Å². The van der Waals surface area contributed by atoms with E-state index >= 15 is 0 Å². The molecule has 0 aromatic heterocycles. The van der Waals surface area contributed by atoms with E-state index in [1.807, 2.05) is 0 Å². The van der Waals surface area contributed by atoms with Crippen molar-refractivity contribution in [2.45, 2.75) is 0 Å². The molecular formula is C14H11BrF2O2. The van der Waals surface area contributed by atoms with E-state index in [1.165, 1.54) is 24.3 Å². The van der Waals surface area contributed by atoms with Crippen LogP contribution in [-0.2, 0) is 0 Å². The van der Waals surface area contributed by atoms with Crippen molar-refractivity contribution in [3.63, 3.8) is 0 Å². The van der Waals surface area contributed by atoms with Gasteiger partial charge >= 0.3 is 0 Å². The standard InChI is InChI=1S/C14H11BrF2O2/c15-11-9-10(16)5-6-13(11)18-7-8-19-14-4-2-1-3-12(14)17/h1-6,9H,7-8H2. The number of halogens is 3. The Morgan fingerprint density at radius 2 is 1.58 bits per heavy atom. The molecule has 0 radical (unpaired) electrons. The molecule has 0 unspecified atom stereocenters. The molecule has 2 nitrogen and oxygen atoms in total. The van der Waals surface area contributed by atoms with Crippen LogP contribution in [-0.4, -0.2) is 13.2 Å². The molecule has 0 bridgehead atoms. The maximum atomic E-state index is 13.2. The molecular weight excluding hydrogens is 318 g/mol. The zero-order valence-electron chi connectivity index (χ0n) is 9.91. The molecule has 0 N–H and O–H groups in total. The van der Waals surface area contributed by atoms with Crippen LogP contribution in [0.4, 0.5) is 8.78 Å². The van der Waals surface area contributed by atoms with Crippen LogP contribution in [0.15, 0.2) is 46.9 Å². The summed E-state index contributed by atoms with van der Waals surface area (Å²) in [7, 11) is 0. The molecule has 100 valence electrons. The summed E-state index contributed by atoms with van der Waals surface area (Å²) in [4.78, 5) is 0. The lowest BCUT2D eigenvalue weighted by molar-refractivity contribution is 0.210. The molecule has 0 heterocycles. The smallest absolute Gasteiger partial charge is 0.165 e. The normalized spacial score (nSPS) is 10.3. The van der Waals surface area contributed by atoms with Crippen LogP contribution in [0.25, 0.3) is 0 Å². The van der Waals surface area contributed by atoms with Gasteiger partial charge in [-0.2, -0.15) is 0 Å². The third-order valence-electron chi connectivity index (χ3n) is 2.33. The first-order chi connectivity index (χ1) is 9.16. The Morgan fingerprint density at radius 3 is 2.26 bits per heavy atom. The molecule has 5 heteroatoms. The number of para-hydroxylation sites is 1. The highest BCUT2D eigenvalue weighted by molar-refractivity contribution is 9.10. The Morgan fingerprint density at radius 1 is 0.895 bits per heavy atom. The predicted molar refractivity (Wildman–Crippen MR) is 71.5 cm³/mol. The van der Waals surface area contributed by atoms with Crippen molar-refractivity contribution >= 4 is 15.9 Å². The first-order valence-corrected chi connectivity index (χ1v) is 6.41. The van der Waals surface area contributed by atoms with Crippen LogP contribution in [0.2, 0.25) is 0 Å². The zero-order valence-corrected chi connectivity index (χ0v) is 11.5. The Kier molecular flexibility index (Phi) is 4.74. The van der Waals surface area contributed by atoms with Gasteiger partial charge in [-0.15, -0.1) is 0 Å². The van der Waals surface area contributed by atoms with Crippen LogP contribution in [0.3, 0.4) is 0 Å². The largest absolute Gasteiger partial charge is 0.489 e. The van der Waals surface area contributed by atoms with E-state index in [1.54, 1.807) is 18.2 Å². The van der Waals surface area contributed by atoms with Crippen LogP contribution >= 0.6 is 15.9 Å². The summed E-state index contributed by atoms with van der Waals surface area (Å²) < 4.78 is 37.2. The summed E-state index contributed by atoms with van der Waals surface area (Å²) in [5, 5.41) is 0. The van der Waals surface area contributed by atoms with Gasteiger partial charge in [0.2, 0.25) is 0 Å². The lowest BCUT2D eigenvalue weighted by Gasteiger charge is -2.10. The van der Waals surface area contributed by atoms with Crippen molar-refractivity contribution in [1.29, 1.82) is 0 Å². The average molecular weight is 329 g/mol. The van der Waals surface area contributed by atoms with E-state index in [0.717, 1.165) is 0 Å². The second-order valence-corrected chi connectivity index (χ2v) is 4.56. The molecule has 0 saturated heterocycles. The Hall–Kier alpha value is -1.62. The van der Waals surface area contributed by atoms with Crippen molar-refractivity contribution in [1.82, 2.24) is 0 Å². The number of hydrogen-bond acceptors (Lipinski definition) is 2. The molecule has 0 atom stereocenters. The van der Waals surface area contributed by atoms with Crippen molar-refractivity contribution < 1.29 is 18.3 Å². The summed E-state index contributed by atoms with van der Waals surface area (Å²) in [5.41, 5.74) is 0. The molecule has 0 fully saturated rings. The fourth-order valence-electron chi connectivity index (χ4n) is 1.46. The number of benzene rings is 2. The lowest BCUT2D eigenvalue weighted by atomic mass is 10.3. The van der Waals surface area contributed by atoms with Crippen LogP contribution < -0.4 is 9.47 Å². The van der Waals surface area contributed by atoms with Gasteiger partial charge in [0, 0.05) is 0 Å². The Balaban J connectivity index is 1.83. The highest BCUT2D eigenvalue weighted by Crippen LogP contribution is 2.25. The highest BCUT2D eigenvalue weighted by atomic mass is 79.9. The SMILES string of the molecule is Fc1ccc(OCCOc2ccccc2F)c(Br)c1. The van der Waals surface area contributed by atoms with Crippen LogP contribution in [0, 0.1) is 11.6 Å². The maximum Gasteiger partial charge on any atom is 0.165 e. The monoisotopic (exact) mass is 328 g/mol. The third kappa shape index (κ3) is 3.92. The van der Waals surface area contributed by atoms with E-state index < -0.39 is 5.82 Å². The first-order valence-electron chi connectivity index (χ1n) is 5.62. The molecule has 2 aromatic carbocycles. The van der Waals surface area contributed by atoms with Crippen LogP contribution in [0.5, 0.6) is 11.5 Å². The van der Waals surface area contributed by atoms with Crippen LogP contribution in [0.1, 0.15) is 0 Å². The Labute approximate surface area is 118 Å². The molecule has 0 spiro atoms. The quantitative estimate of drug-likeness (QED) is 0.766. The molecule has 2 rings (SSSR count). The Bertz CT molecular complexity index is 561. The number of rotatable bonds is 5. The summed E-state index contributed by atoms with van der Waals surface area (Å²) >= 11 is 3.19. The molecule has 2 aromatic rings. The van der Waals surface area contributed by atoms with Gasteiger partial charge in [0.1, 0.15) is 24.8 Å². The van der Waals surface area contributed by atoms with E-state index in [-0.39, 0.29) is 24.8 Å². The summed E-state index contributed by atoms with van der Waals surface area (Å²) in [6.07, 6.45) is 0. The van der Waals surface area contributed by atoms with E-state index in [4.69, 9.17) is 9.47 Å². The molecule has 0 saturated carbocycles. The summed E-state index contributed by atoms with van der Waals surface area (Å²) in [6, 6.07) is 10.3. The molecule has 0 aliphatic heterocycles. The van der Waals surface area contributed by atoms with Gasteiger partial charge in [-0.05, 0) is 46.3 Å². The second-order valence-electron chi connectivity index (χ2n) is 3.70. The highest BCUT2D eigenvalue weighted by Gasteiger charge is 2.04. The van der Waals surface area contributed by atoms with Crippen molar-refractivity contribution in [3.05, 3.63) is 58.6 Å². The van der Waals surface area contributed by atoms with Gasteiger partial charge in [-0.3, -0.25) is 0 Å². The van der Waals surface area contributed by atoms with E-state index in [9.17, 15) is 8.78 Å². The fraction of sp³-hybridized carbons (Fsp3) is 0.143. The van der Waals surface area contributed by atoms with Gasteiger partial charge in [-0.1, -0.05) is 12.1 Å². The van der Waals surface area contributed by atoms with Crippen molar-refractivity contribution in [3.8, 4) is 11.5 Å². The topological polar surface area (TPSA) is 18.5 Å². The fourth-order valence-corrected chi connectivity index (χ4v) is 1.92. The van der Waals surface area contributed by atoms with Gasteiger partial charge in [-0.25, -0.2) is 8.78 Å². The molecule has 19 heavy (non-hydrogen) atoms. The van der Waals surface area contributed by atoms with Gasteiger partial charge < -0.3 is 9.47 Å². The van der Waals surface area contributed by atoms with Gasteiger partial charge in [0.05, 0.1) is 4.47 Å². The number of ether oxygens (including phenoxy) is 2. The van der Waals surface area contributed by atoms with Gasteiger partial charge in [0.25, 0.3) is 0 Å². The van der Waals surface area contributed by atoms with Gasteiger partial charge in [0.15, 0.2) is 11.6 Å². The number of hydrogen-bond donors (Lipinski definition) is 0. The minimum absolute atomic E-state index is 0.185. The summed E-state index contributed by atoms with van der Waals surface area (Å²) in [6.45, 7) is 0.434. The first kappa shape index (κ1) is 13.8. The zero-order chi connectivity index (χ0) is 13.7. The minimum atomic E-state index is -0.412. The van der Waals surface area contributed by atoms with Crippen molar-refractivity contribution in [2.24, 2.45) is 0 Å². The lowest BCUT2D eigenvalue weighted by Crippen LogP contribution is -2.10. The molecule has 0 aliphatic carbocycles. The summed E-state index contributed by atoms with van der Waals surface area (Å²) in [5.74, 6) is -0.0601. The maximum absolute atomic E-state index is 13.2. The minimum Gasteiger partial charge on any atom is -0.489 e. The van der Waals surface area contributed by atoms with E-state index in [2.05, 4.69) is 15.9 Å². The predicted octanol–water partition coefficient (Wildman–Crippen LogP) is 4.19. The molecule has 0 amide bonds. The molecule has 0 aliphatic rings. The third-order valence-corrected chi connectivity index (χ3v) is 2.95.